The molecule has 0 bridgehead atoms. The molecule has 3 rings (SSSR count). The lowest BCUT2D eigenvalue weighted by Gasteiger charge is -2.29. The molecule has 2 atom stereocenters. The zero-order valence-electron chi connectivity index (χ0n) is 17.3. The van der Waals surface area contributed by atoms with Gasteiger partial charge in [0.15, 0.2) is 0 Å². The summed E-state index contributed by atoms with van der Waals surface area (Å²) in [5, 5.41) is 0. The van der Waals surface area contributed by atoms with Gasteiger partial charge in [-0.05, 0) is 50.8 Å². The van der Waals surface area contributed by atoms with Gasteiger partial charge in [0.2, 0.25) is 0 Å². The summed E-state index contributed by atoms with van der Waals surface area (Å²) in [5.41, 5.74) is 0.804. The van der Waals surface area contributed by atoms with Gasteiger partial charge in [0.05, 0.1) is 6.26 Å². The van der Waals surface area contributed by atoms with Gasteiger partial charge >= 0.3 is 12.1 Å². The third-order valence-electron chi connectivity index (χ3n) is 4.59. The van der Waals surface area contributed by atoms with Crippen molar-refractivity contribution in [3.8, 4) is 0 Å². The first-order chi connectivity index (χ1) is 13.7. The summed E-state index contributed by atoms with van der Waals surface area (Å²) >= 11 is 0. The van der Waals surface area contributed by atoms with E-state index >= 15 is 0 Å². The van der Waals surface area contributed by atoms with Crippen LogP contribution in [0.4, 0.5) is 4.79 Å². The summed E-state index contributed by atoms with van der Waals surface area (Å²) in [4.78, 5) is 26.9. The predicted octanol–water partition coefficient (Wildman–Crippen LogP) is 5.22. The zero-order chi connectivity index (χ0) is 21.0. The van der Waals surface area contributed by atoms with Crippen molar-refractivity contribution in [1.29, 1.82) is 0 Å². The van der Waals surface area contributed by atoms with Gasteiger partial charge in [-0.15, -0.1) is 0 Å². The number of nitrogens with zero attached hydrogens (tertiary/aromatic N) is 1. The molecule has 2 aromatic rings. The van der Waals surface area contributed by atoms with Crippen LogP contribution in [0, 0.1) is 5.92 Å². The molecule has 1 aromatic heterocycles. The second-order valence-electron chi connectivity index (χ2n) is 8.22. The first-order valence-electron chi connectivity index (χ1n) is 9.71. The minimum absolute atomic E-state index is 0.0573. The lowest BCUT2D eigenvalue weighted by molar-refractivity contribution is -0.139. The van der Waals surface area contributed by atoms with Gasteiger partial charge in [-0.1, -0.05) is 37.3 Å². The molecule has 1 amide bonds. The fourth-order valence-corrected chi connectivity index (χ4v) is 3.42. The molecule has 0 unspecified atom stereocenters. The van der Waals surface area contributed by atoms with E-state index in [9.17, 15) is 9.59 Å². The molecule has 1 aliphatic heterocycles. The minimum atomic E-state index is -0.657. The second-order valence-corrected chi connectivity index (χ2v) is 8.22. The fraction of sp³-hybridized carbons (Fsp3) is 0.391. The van der Waals surface area contributed by atoms with Crippen LogP contribution in [0.3, 0.4) is 0 Å². The van der Waals surface area contributed by atoms with Gasteiger partial charge < -0.3 is 13.9 Å². The summed E-state index contributed by atoms with van der Waals surface area (Å²) in [5.74, 6) is 0.218. The number of likely N-dealkylation sites (tertiary alicyclic amines) is 1. The number of rotatable bonds is 4. The lowest BCUT2D eigenvalue weighted by atomic mass is 10.0. The first-order valence-corrected chi connectivity index (χ1v) is 9.71. The molecule has 0 radical (unpaired) electrons. The molecular weight excluding hydrogens is 370 g/mol. The number of hydrogen-bond acceptors (Lipinski definition) is 5. The van der Waals surface area contributed by atoms with Crippen LogP contribution in [0.25, 0.3) is 0 Å². The van der Waals surface area contributed by atoms with E-state index in [0.717, 1.165) is 5.56 Å². The van der Waals surface area contributed by atoms with Crippen LogP contribution in [-0.4, -0.2) is 22.6 Å². The van der Waals surface area contributed by atoms with Crippen molar-refractivity contribution in [2.24, 2.45) is 5.92 Å². The number of amides is 1. The number of esters is 1. The highest BCUT2D eigenvalue weighted by Gasteiger charge is 2.43. The Labute approximate surface area is 171 Å². The topological polar surface area (TPSA) is 69.0 Å². The number of allylic oxidation sites excluding steroid dienone is 1. The summed E-state index contributed by atoms with van der Waals surface area (Å²) < 4.78 is 16.5. The molecule has 1 aliphatic rings. The maximum Gasteiger partial charge on any atom is 0.415 e. The molecule has 6 nitrogen and oxygen atoms in total. The van der Waals surface area contributed by atoms with Crippen LogP contribution >= 0.6 is 0 Å². The Balaban J connectivity index is 1.81. The van der Waals surface area contributed by atoms with E-state index < -0.39 is 17.7 Å². The van der Waals surface area contributed by atoms with Crippen LogP contribution in [0.15, 0.2) is 64.9 Å². The highest BCUT2D eigenvalue weighted by Crippen LogP contribution is 2.43. The van der Waals surface area contributed by atoms with E-state index in [1.807, 2.05) is 64.1 Å². The summed E-state index contributed by atoms with van der Waals surface area (Å²) in [6.07, 6.45) is 2.98. The molecule has 154 valence electrons. The number of carbonyl (C=O) groups is 2. The van der Waals surface area contributed by atoms with E-state index in [4.69, 9.17) is 13.9 Å². The molecule has 29 heavy (non-hydrogen) atoms. The number of carbonyl (C=O) groups excluding carboxylic acids is 2. The average Bonchev–Trinajstić information content (AvgIpc) is 3.27. The Hall–Kier alpha value is -3.02. The molecule has 2 heterocycles. The molecule has 1 aromatic carbocycles. The van der Waals surface area contributed by atoms with Gasteiger partial charge in [0.1, 0.15) is 24.0 Å². The highest BCUT2D eigenvalue weighted by molar-refractivity contribution is 5.84. The molecule has 1 fully saturated rings. The smallest absolute Gasteiger partial charge is 0.415 e. The van der Waals surface area contributed by atoms with Crippen molar-refractivity contribution in [2.75, 3.05) is 0 Å². The van der Waals surface area contributed by atoms with Crippen LogP contribution in [0.2, 0.25) is 0 Å². The van der Waals surface area contributed by atoms with Crippen LogP contribution < -0.4 is 0 Å². The molecule has 0 spiro atoms. The Kier molecular flexibility index (Phi) is 6.11. The van der Waals surface area contributed by atoms with Gasteiger partial charge in [-0.25, -0.2) is 9.59 Å². The third kappa shape index (κ3) is 5.28. The van der Waals surface area contributed by atoms with Crippen molar-refractivity contribution in [3.63, 3.8) is 0 Å². The largest absolute Gasteiger partial charge is 0.467 e. The number of ether oxygens (including phenoxy) is 2. The van der Waals surface area contributed by atoms with E-state index in [-0.39, 0.29) is 18.6 Å². The van der Waals surface area contributed by atoms with Gasteiger partial charge in [-0.2, -0.15) is 0 Å². The number of hydrogen-bond donors (Lipinski definition) is 0. The third-order valence-corrected chi connectivity index (χ3v) is 4.59. The maximum atomic E-state index is 13.0. The molecule has 0 aliphatic carbocycles. The quantitative estimate of drug-likeness (QED) is 0.522. The normalized spacial score (nSPS) is 20.7. The van der Waals surface area contributed by atoms with E-state index in [1.54, 1.807) is 12.3 Å². The Morgan fingerprint density at radius 1 is 1.17 bits per heavy atom. The SMILES string of the molecule is C[C@H]1C/C(=C\C(=O)OCc2ccccc2)N(C(=O)OC(C)(C)C)[C@H]1c1ccco1. The van der Waals surface area contributed by atoms with Crippen molar-refractivity contribution in [2.45, 2.75) is 52.4 Å². The standard InChI is InChI=1S/C23H27NO5/c1-16-13-18(14-20(25)28-15-17-9-6-5-7-10-17)24(22(26)29-23(2,3)4)21(16)19-11-8-12-27-19/h5-12,14,16,21H,13,15H2,1-4H3/b18-14+/t16-,21+/m0/s1. The van der Waals surface area contributed by atoms with Crippen molar-refractivity contribution >= 4 is 12.1 Å². The Bertz CT molecular complexity index is 864. The average molecular weight is 397 g/mol. The fourth-order valence-electron chi connectivity index (χ4n) is 3.42. The predicted molar refractivity (Wildman–Crippen MR) is 108 cm³/mol. The van der Waals surface area contributed by atoms with E-state index in [1.165, 1.54) is 11.0 Å². The summed E-state index contributed by atoms with van der Waals surface area (Å²) in [7, 11) is 0. The zero-order valence-corrected chi connectivity index (χ0v) is 17.3. The Morgan fingerprint density at radius 2 is 1.90 bits per heavy atom. The summed E-state index contributed by atoms with van der Waals surface area (Å²) in [6, 6.07) is 12.7. The molecule has 6 heteroatoms. The van der Waals surface area contributed by atoms with Crippen molar-refractivity contribution in [1.82, 2.24) is 4.90 Å². The van der Waals surface area contributed by atoms with Gasteiger partial charge in [0, 0.05) is 11.8 Å². The van der Waals surface area contributed by atoms with Crippen LogP contribution in [0.1, 0.15) is 51.5 Å². The highest BCUT2D eigenvalue weighted by atomic mass is 16.6. The molecule has 0 N–H and O–H groups in total. The van der Waals surface area contributed by atoms with Crippen molar-refractivity contribution < 1.29 is 23.5 Å². The lowest BCUT2D eigenvalue weighted by Crippen LogP contribution is -2.36. The van der Waals surface area contributed by atoms with Crippen molar-refractivity contribution in [3.05, 3.63) is 71.8 Å². The van der Waals surface area contributed by atoms with Gasteiger partial charge in [-0.3, -0.25) is 4.90 Å². The first kappa shape index (κ1) is 20.7. The number of furan rings is 1. The number of benzene rings is 1. The monoisotopic (exact) mass is 397 g/mol. The molecule has 1 saturated heterocycles. The molecule has 0 saturated carbocycles. The van der Waals surface area contributed by atoms with Crippen LogP contribution in [-0.2, 0) is 20.9 Å². The second kappa shape index (κ2) is 8.55. The van der Waals surface area contributed by atoms with Gasteiger partial charge in [0.25, 0.3) is 0 Å². The minimum Gasteiger partial charge on any atom is -0.467 e. The Morgan fingerprint density at radius 3 is 2.52 bits per heavy atom. The van der Waals surface area contributed by atoms with Crippen LogP contribution in [0.5, 0.6) is 0 Å². The molecular formula is C23H27NO5. The summed E-state index contributed by atoms with van der Waals surface area (Å²) in [6.45, 7) is 7.62. The maximum absolute atomic E-state index is 13.0. The van der Waals surface area contributed by atoms with E-state index in [0.29, 0.717) is 17.9 Å². The van der Waals surface area contributed by atoms with E-state index in [2.05, 4.69) is 0 Å².